The van der Waals surface area contributed by atoms with Crippen LogP contribution < -0.4 is 4.90 Å². The Kier molecular flexibility index (Phi) is 6.29. The molecule has 1 aliphatic rings. The van der Waals surface area contributed by atoms with E-state index in [4.69, 9.17) is 0 Å². The molecule has 0 aromatic heterocycles. The molecule has 1 aliphatic heterocycles. The van der Waals surface area contributed by atoms with E-state index in [-0.39, 0.29) is 5.91 Å². The first kappa shape index (κ1) is 19.6. The van der Waals surface area contributed by atoms with Crippen molar-refractivity contribution in [2.24, 2.45) is 0 Å². The standard InChI is InChI=1S/C21H26N2O3S/c1-2-23(19-8-4-3-5-9-19)21(24)15-12-18-10-13-20(14-11-18)27(25,26)22-16-6-7-17-22/h3-5,8-11,13-14H,2,6-7,12,15-17H2,1H3. The highest BCUT2D eigenvalue weighted by Crippen LogP contribution is 2.22. The number of nitrogens with zero attached hydrogens (tertiary/aromatic N) is 2. The Morgan fingerprint density at radius 2 is 1.63 bits per heavy atom. The van der Waals surface area contributed by atoms with Crippen LogP contribution in [0.2, 0.25) is 0 Å². The topological polar surface area (TPSA) is 57.7 Å². The van der Waals surface area contributed by atoms with Crippen molar-refractivity contribution in [1.82, 2.24) is 4.31 Å². The first-order chi connectivity index (χ1) is 13.0. The van der Waals surface area contributed by atoms with Gasteiger partial charge in [0, 0.05) is 31.7 Å². The second-order valence-corrected chi connectivity index (χ2v) is 8.67. The molecule has 0 atom stereocenters. The van der Waals surface area contributed by atoms with Crippen molar-refractivity contribution < 1.29 is 13.2 Å². The van der Waals surface area contributed by atoms with Crippen molar-refractivity contribution in [3.63, 3.8) is 0 Å². The SMILES string of the molecule is CCN(C(=O)CCc1ccc(S(=O)(=O)N2CCCC2)cc1)c1ccccc1. The van der Waals surface area contributed by atoms with Crippen LogP contribution in [0.15, 0.2) is 59.5 Å². The Labute approximate surface area is 161 Å². The Bertz CT molecular complexity index is 858. The number of amides is 1. The molecule has 0 saturated carbocycles. The van der Waals surface area contributed by atoms with Gasteiger partial charge in [0.25, 0.3) is 0 Å². The van der Waals surface area contributed by atoms with E-state index in [0.717, 1.165) is 24.1 Å². The number of sulfonamides is 1. The molecule has 1 amide bonds. The van der Waals surface area contributed by atoms with E-state index in [1.54, 1.807) is 21.3 Å². The van der Waals surface area contributed by atoms with Gasteiger partial charge in [-0.15, -0.1) is 0 Å². The minimum Gasteiger partial charge on any atom is -0.313 e. The minimum absolute atomic E-state index is 0.0671. The molecule has 0 N–H and O–H groups in total. The summed E-state index contributed by atoms with van der Waals surface area (Å²) in [6.07, 6.45) is 2.83. The fraction of sp³-hybridized carbons (Fsp3) is 0.381. The number of hydrogen-bond acceptors (Lipinski definition) is 3. The molecule has 2 aromatic carbocycles. The van der Waals surface area contributed by atoms with Gasteiger partial charge in [0.15, 0.2) is 0 Å². The number of carbonyl (C=O) groups is 1. The Hall–Kier alpha value is -2.18. The van der Waals surface area contributed by atoms with Crippen molar-refractivity contribution in [3.05, 3.63) is 60.2 Å². The number of aryl methyl sites for hydroxylation is 1. The molecule has 6 heteroatoms. The molecule has 144 valence electrons. The quantitative estimate of drug-likeness (QED) is 0.732. The highest BCUT2D eigenvalue weighted by molar-refractivity contribution is 7.89. The van der Waals surface area contributed by atoms with Gasteiger partial charge in [-0.3, -0.25) is 4.79 Å². The summed E-state index contributed by atoms with van der Waals surface area (Å²) in [7, 11) is -3.38. The summed E-state index contributed by atoms with van der Waals surface area (Å²) in [5, 5.41) is 0. The molecule has 2 aromatic rings. The Balaban J connectivity index is 1.62. The van der Waals surface area contributed by atoms with Crippen LogP contribution in [0.25, 0.3) is 0 Å². The zero-order chi connectivity index (χ0) is 19.3. The summed E-state index contributed by atoms with van der Waals surface area (Å²) in [6, 6.07) is 16.6. The van der Waals surface area contributed by atoms with E-state index in [1.807, 2.05) is 49.4 Å². The van der Waals surface area contributed by atoms with Gasteiger partial charge in [0.2, 0.25) is 15.9 Å². The van der Waals surface area contributed by atoms with Crippen LogP contribution in [0.3, 0.4) is 0 Å². The monoisotopic (exact) mass is 386 g/mol. The third-order valence-corrected chi connectivity index (χ3v) is 6.85. The molecular weight excluding hydrogens is 360 g/mol. The highest BCUT2D eigenvalue weighted by atomic mass is 32.2. The molecule has 0 radical (unpaired) electrons. The van der Waals surface area contributed by atoms with Gasteiger partial charge < -0.3 is 4.90 Å². The second-order valence-electron chi connectivity index (χ2n) is 6.73. The van der Waals surface area contributed by atoms with E-state index in [9.17, 15) is 13.2 Å². The van der Waals surface area contributed by atoms with Crippen molar-refractivity contribution in [1.29, 1.82) is 0 Å². The van der Waals surface area contributed by atoms with Gasteiger partial charge in [0.1, 0.15) is 0 Å². The fourth-order valence-electron chi connectivity index (χ4n) is 3.40. The summed E-state index contributed by atoms with van der Waals surface area (Å²) in [5.74, 6) is 0.0671. The van der Waals surface area contributed by atoms with Gasteiger partial charge in [-0.1, -0.05) is 30.3 Å². The molecule has 0 aliphatic carbocycles. The van der Waals surface area contributed by atoms with Crippen molar-refractivity contribution in [2.45, 2.75) is 37.5 Å². The molecule has 5 nitrogen and oxygen atoms in total. The zero-order valence-electron chi connectivity index (χ0n) is 15.7. The van der Waals surface area contributed by atoms with Crippen LogP contribution in [0.4, 0.5) is 5.69 Å². The van der Waals surface area contributed by atoms with Crippen LogP contribution in [-0.2, 0) is 21.2 Å². The zero-order valence-corrected chi connectivity index (χ0v) is 16.5. The molecule has 1 saturated heterocycles. The van der Waals surface area contributed by atoms with Gasteiger partial charge in [-0.2, -0.15) is 4.31 Å². The normalized spacial score (nSPS) is 15.0. The van der Waals surface area contributed by atoms with Gasteiger partial charge in [0.05, 0.1) is 4.90 Å². The maximum absolute atomic E-state index is 12.6. The molecule has 27 heavy (non-hydrogen) atoms. The summed E-state index contributed by atoms with van der Waals surface area (Å²) in [5.41, 5.74) is 1.87. The first-order valence-electron chi connectivity index (χ1n) is 9.47. The smallest absolute Gasteiger partial charge is 0.243 e. The van der Waals surface area contributed by atoms with Crippen molar-refractivity contribution in [3.8, 4) is 0 Å². The molecule has 0 bridgehead atoms. The van der Waals surface area contributed by atoms with Crippen molar-refractivity contribution in [2.75, 3.05) is 24.5 Å². The second kappa shape index (κ2) is 8.67. The molecule has 1 heterocycles. The van der Waals surface area contributed by atoms with Gasteiger partial charge in [-0.25, -0.2) is 8.42 Å². The maximum Gasteiger partial charge on any atom is 0.243 e. The largest absolute Gasteiger partial charge is 0.313 e. The van der Waals surface area contributed by atoms with E-state index in [0.29, 0.717) is 37.4 Å². The highest BCUT2D eigenvalue weighted by Gasteiger charge is 2.26. The Morgan fingerprint density at radius 1 is 1.00 bits per heavy atom. The third-order valence-electron chi connectivity index (χ3n) is 4.94. The minimum atomic E-state index is -3.38. The van der Waals surface area contributed by atoms with E-state index < -0.39 is 10.0 Å². The van der Waals surface area contributed by atoms with Crippen LogP contribution >= 0.6 is 0 Å². The number of anilines is 1. The maximum atomic E-state index is 12.6. The molecule has 0 unspecified atom stereocenters. The fourth-order valence-corrected chi connectivity index (χ4v) is 4.92. The average molecular weight is 387 g/mol. The number of para-hydroxylation sites is 1. The Morgan fingerprint density at radius 3 is 2.22 bits per heavy atom. The lowest BCUT2D eigenvalue weighted by Gasteiger charge is -2.21. The van der Waals surface area contributed by atoms with Crippen LogP contribution in [0.5, 0.6) is 0 Å². The lowest BCUT2D eigenvalue weighted by molar-refractivity contribution is -0.118. The number of hydrogen-bond donors (Lipinski definition) is 0. The van der Waals surface area contributed by atoms with Crippen molar-refractivity contribution >= 4 is 21.6 Å². The predicted octanol–water partition coefficient (Wildman–Crippen LogP) is 3.46. The number of carbonyl (C=O) groups excluding carboxylic acids is 1. The lowest BCUT2D eigenvalue weighted by atomic mass is 10.1. The third kappa shape index (κ3) is 4.57. The lowest BCUT2D eigenvalue weighted by Crippen LogP contribution is -2.30. The number of rotatable bonds is 7. The first-order valence-corrected chi connectivity index (χ1v) is 10.9. The summed E-state index contributed by atoms with van der Waals surface area (Å²) in [4.78, 5) is 14.7. The summed E-state index contributed by atoms with van der Waals surface area (Å²) in [6.45, 7) is 3.79. The van der Waals surface area contributed by atoms with E-state index >= 15 is 0 Å². The van der Waals surface area contributed by atoms with E-state index in [2.05, 4.69) is 0 Å². The average Bonchev–Trinajstić information content (AvgIpc) is 3.24. The van der Waals surface area contributed by atoms with E-state index in [1.165, 1.54) is 0 Å². The van der Waals surface area contributed by atoms with Gasteiger partial charge >= 0.3 is 0 Å². The molecular formula is C21H26N2O3S. The predicted molar refractivity (Wildman–Crippen MR) is 107 cm³/mol. The van der Waals surface area contributed by atoms with Crippen LogP contribution in [0, 0.1) is 0 Å². The molecule has 1 fully saturated rings. The van der Waals surface area contributed by atoms with Crippen LogP contribution in [-0.4, -0.2) is 38.3 Å². The molecule has 3 rings (SSSR count). The number of benzene rings is 2. The van der Waals surface area contributed by atoms with Crippen LogP contribution in [0.1, 0.15) is 31.7 Å². The summed E-state index contributed by atoms with van der Waals surface area (Å²) >= 11 is 0. The van der Waals surface area contributed by atoms with Gasteiger partial charge in [-0.05, 0) is 56.0 Å². The summed E-state index contributed by atoms with van der Waals surface area (Å²) < 4.78 is 26.7. The molecule has 0 spiro atoms.